The number of ether oxygens (including phenoxy) is 1. The fraction of sp³-hybridized carbons (Fsp3) is 0.700. The van der Waals surface area contributed by atoms with Gasteiger partial charge in [-0.3, -0.25) is 4.68 Å². The van der Waals surface area contributed by atoms with Crippen molar-refractivity contribution in [3.8, 4) is 0 Å². The number of nitrogens with two attached hydrogens (primary N) is 1. The van der Waals surface area contributed by atoms with E-state index in [1.54, 1.807) is 4.68 Å². The van der Waals surface area contributed by atoms with Crippen LogP contribution in [0.25, 0.3) is 0 Å². The van der Waals surface area contributed by atoms with Gasteiger partial charge in [0.25, 0.3) is 0 Å². The van der Waals surface area contributed by atoms with Crippen molar-refractivity contribution < 1.29 is 4.74 Å². The number of nitrogens with zero attached hydrogens (tertiary/aromatic N) is 3. The van der Waals surface area contributed by atoms with Crippen LogP contribution in [-0.4, -0.2) is 35.1 Å². The smallest absolute Gasteiger partial charge is 0.174 e. The molecule has 0 saturated carbocycles. The molecule has 2 N–H and O–H groups in total. The summed E-state index contributed by atoms with van der Waals surface area (Å²) >= 11 is 0. The van der Waals surface area contributed by atoms with E-state index in [0.29, 0.717) is 0 Å². The van der Waals surface area contributed by atoms with Crippen LogP contribution in [-0.2, 0) is 11.8 Å². The maximum atomic E-state index is 5.90. The molecule has 0 aromatic carbocycles. The molecule has 1 aromatic heterocycles. The van der Waals surface area contributed by atoms with Gasteiger partial charge in [-0.05, 0) is 13.8 Å². The number of anilines is 2. The van der Waals surface area contributed by atoms with Crippen LogP contribution in [0.3, 0.4) is 0 Å². The Hall–Kier alpha value is -1.23. The molecule has 15 heavy (non-hydrogen) atoms. The normalized spacial score (nSPS) is 27.0. The summed E-state index contributed by atoms with van der Waals surface area (Å²) in [6.45, 7) is 5.85. The van der Waals surface area contributed by atoms with E-state index in [9.17, 15) is 0 Å². The summed E-state index contributed by atoms with van der Waals surface area (Å²) in [6, 6.07) is 0. The summed E-state index contributed by atoms with van der Waals surface area (Å²) in [5.41, 5.74) is 6.63. The molecular formula is C10H18N4O. The van der Waals surface area contributed by atoms with Crippen LogP contribution in [0.2, 0.25) is 0 Å². The summed E-state index contributed by atoms with van der Waals surface area (Å²) in [5.74, 6) is 0.875. The molecule has 1 saturated heterocycles. The lowest BCUT2D eigenvalue weighted by atomic mass is 10.2. The van der Waals surface area contributed by atoms with Crippen molar-refractivity contribution in [3.63, 3.8) is 0 Å². The molecule has 2 heterocycles. The second-order valence-electron chi connectivity index (χ2n) is 4.24. The summed E-state index contributed by atoms with van der Waals surface area (Å²) in [5, 5.41) is 4.36. The summed E-state index contributed by atoms with van der Waals surface area (Å²) in [7, 11) is 1.88. The number of morpholine rings is 1. The Kier molecular flexibility index (Phi) is 2.56. The van der Waals surface area contributed by atoms with Gasteiger partial charge in [0.2, 0.25) is 0 Å². The molecule has 5 nitrogen and oxygen atoms in total. The summed E-state index contributed by atoms with van der Waals surface area (Å²) < 4.78 is 7.41. The highest BCUT2D eigenvalue weighted by Crippen LogP contribution is 2.23. The first kappa shape index (κ1) is 10.3. The molecule has 2 atom stereocenters. The van der Waals surface area contributed by atoms with E-state index in [2.05, 4.69) is 23.8 Å². The second-order valence-corrected chi connectivity index (χ2v) is 4.24. The Morgan fingerprint density at radius 3 is 2.47 bits per heavy atom. The van der Waals surface area contributed by atoms with Crippen LogP contribution in [0.1, 0.15) is 13.8 Å². The minimum atomic E-state index is 0.232. The van der Waals surface area contributed by atoms with Crippen LogP contribution in [0, 0.1) is 0 Å². The van der Waals surface area contributed by atoms with Crippen molar-refractivity contribution >= 4 is 11.5 Å². The van der Waals surface area contributed by atoms with Crippen molar-refractivity contribution in [2.45, 2.75) is 26.1 Å². The molecule has 1 aromatic rings. The zero-order chi connectivity index (χ0) is 11.0. The van der Waals surface area contributed by atoms with Gasteiger partial charge in [0.1, 0.15) is 0 Å². The first-order valence-electron chi connectivity index (χ1n) is 5.26. The molecule has 0 bridgehead atoms. The lowest BCUT2D eigenvalue weighted by Gasteiger charge is -2.35. The van der Waals surface area contributed by atoms with E-state index in [1.807, 2.05) is 13.2 Å². The van der Waals surface area contributed by atoms with Gasteiger partial charge in [0.05, 0.1) is 17.9 Å². The zero-order valence-corrected chi connectivity index (χ0v) is 9.47. The molecule has 0 radical (unpaired) electrons. The highest BCUT2D eigenvalue weighted by atomic mass is 16.5. The molecule has 1 fully saturated rings. The molecule has 0 spiro atoms. The Bertz CT molecular complexity index is 339. The third kappa shape index (κ3) is 2.07. The summed E-state index contributed by atoms with van der Waals surface area (Å²) in [4.78, 5) is 2.19. The average Bonchev–Trinajstić information content (AvgIpc) is 2.43. The van der Waals surface area contributed by atoms with Gasteiger partial charge in [-0.2, -0.15) is 5.10 Å². The van der Waals surface area contributed by atoms with E-state index in [1.165, 1.54) is 0 Å². The van der Waals surface area contributed by atoms with Gasteiger partial charge >= 0.3 is 0 Å². The lowest BCUT2D eigenvalue weighted by molar-refractivity contribution is -0.00544. The van der Waals surface area contributed by atoms with Crippen LogP contribution < -0.4 is 10.6 Å². The molecule has 0 unspecified atom stereocenters. The van der Waals surface area contributed by atoms with Gasteiger partial charge in [0.15, 0.2) is 5.82 Å². The quantitative estimate of drug-likeness (QED) is 0.738. The zero-order valence-electron chi connectivity index (χ0n) is 9.47. The Labute approximate surface area is 89.8 Å². The highest BCUT2D eigenvalue weighted by molar-refractivity contribution is 5.62. The van der Waals surface area contributed by atoms with Crippen LogP contribution >= 0.6 is 0 Å². The predicted molar refractivity (Wildman–Crippen MR) is 59.8 cm³/mol. The van der Waals surface area contributed by atoms with Gasteiger partial charge in [-0.25, -0.2) is 0 Å². The number of aromatic nitrogens is 2. The molecule has 0 aliphatic carbocycles. The maximum Gasteiger partial charge on any atom is 0.174 e. The first-order valence-corrected chi connectivity index (χ1v) is 5.26. The maximum absolute atomic E-state index is 5.90. The van der Waals surface area contributed by atoms with Crippen molar-refractivity contribution in [1.29, 1.82) is 0 Å². The van der Waals surface area contributed by atoms with Gasteiger partial charge in [-0.15, -0.1) is 0 Å². The average molecular weight is 210 g/mol. The molecule has 84 valence electrons. The Morgan fingerprint density at radius 2 is 2.00 bits per heavy atom. The molecule has 2 rings (SSSR count). The van der Waals surface area contributed by atoms with Gasteiger partial charge in [0, 0.05) is 26.3 Å². The van der Waals surface area contributed by atoms with E-state index < -0.39 is 0 Å². The standard InChI is InChI=1S/C10H18N4O/c1-7-4-14(5-8(2)15-7)10-9(11)6-13(3)12-10/h6-8H,4-5,11H2,1-3H3/t7-,8+. The van der Waals surface area contributed by atoms with Gasteiger partial charge in [-0.1, -0.05) is 0 Å². The third-order valence-corrected chi connectivity index (χ3v) is 2.56. The monoisotopic (exact) mass is 210 g/mol. The lowest BCUT2D eigenvalue weighted by Crippen LogP contribution is -2.45. The minimum absolute atomic E-state index is 0.232. The highest BCUT2D eigenvalue weighted by Gasteiger charge is 2.25. The van der Waals surface area contributed by atoms with Crippen molar-refractivity contribution in [1.82, 2.24) is 9.78 Å². The molecule has 5 heteroatoms. The molecular weight excluding hydrogens is 192 g/mol. The minimum Gasteiger partial charge on any atom is -0.394 e. The number of hydrogen-bond donors (Lipinski definition) is 1. The van der Waals surface area contributed by atoms with Crippen molar-refractivity contribution in [3.05, 3.63) is 6.20 Å². The number of nitrogen functional groups attached to an aromatic ring is 1. The van der Waals surface area contributed by atoms with Crippen LogP contribution in [0.5, 0.6) is 0 Å². The van der Waals surface area contributed by atoms with E-state index in [4.69, 9.17) is 10.5 Å². The van der Waals surface area contributed by atoms with Crippen molar-refractivity contribution in [2.75, 3.05) is 23.7 Å². The summed E-state index contributed by atoms with van der Waals surface area (Å²) in [6.07, 6.45) is 2.30. The fourth-order valence-electron chi connectivity index (χ4n) is 2.09. The second kappa shape index (κ2) is 3.73. The van der Waals surface area contributed by atoms with Gasteiger partial charge < -0.3 is 15.4 Å². The Morgan fingerprint density at radius 1 is 1.40 bits per heavy atom. The van der Waals surface area contributed by atoms with Crippen LogP contribution in [0.4, 0.5) is 11.5 Å². The predicted octanol–water partition coefficient (Wildman–Crippen LogP) is 0.616. The van der Waals surface area contributed by atoms with E-state index in [-0.39, 0.29) is 12.2 Å². The molecule has 0 amide bonds. The number of aryl methyl sites for hydroxylation is 1. The third-order valence-electron chi connectivity index (χ3n) is 2.56. The largest absolute Gasteiger partial charge is 0.394 e. The topological polar surface area (TPSA) is 56.3 Å². The van der Waals surface area contributed by atoms with E-state index in [0.717, 1.165) is 24.6 Å². The SMILES string of the molecule is C[C@@H]1CN(c2nn(C)cc2N)C[C@H](C)O1. The fourth-order valence-corrected chi connectivity index (χ4v) is 2.09. The van der Waals surface area contributed by atoms with E-state index >= 15 is 0 Å². The van der Waals surface area contributed by atoms with Crippen molar-refractivity contribution in [2.24, 2.45) is 7.05 Å². The number of rotatable bonds is 1. The van der Waals surface area contributed by atoms with Crippen LogP contribution in [0.15, 0.2) is 6.20 Å². The Balaban J connectivity index is 2.19. The molecule has 1 aliphatic heterocycles. The first-order chi connectivity index (χ1) is 7.06. The number of hydrogen-bond acceptors (Lipinski definition) is 4. The molecule has 1 aliphatic rings.